The maximum absolute atomic E-state index is 11.3. The number of nitrogens with zero attached hydrogens (tertiary/aromatic N) is 2. The van der Waals surface area contributed by atoms with Crippen LogP contribution >= 0.6 is 0 Å². The van der Waals surface area contributed by atoms with Crippen molar-refractivity contribution in [3.8, 4) is 17.0 Å². The highest BCUT2D eigenvalue weighted by Crippen LogP contribution is 2.37. The minimum absolute atomic E-state index is 0.113. The summed E-state index contributed by atoms with van der Waals surface area (Å²) < 4.78 is 5.37. The number of carboxylic acid groups (broad SMARTS) is 1. The number of carbonyl (C=O) groups is 1. The fraction of sp³-hybridized carbons (Fsp3) is 0.0833. The van der Waals surface area contributed by atoms with Crippen molar-refractivity contribution < 1.29 is 14.6 Å². The number of nitrogens with one attached hydrogen (secondary N) is 2. The van der Waals surface area contributed by atoms with Gasteiger partial charge in [-0.25, -0.2) is 9.78 Å². The van der Waals surface area contributed by atoms with Crippen molar-refractivity contribution >= 4 is 16.9 Å². The van der Waals surface area contributed by atoms with E-state index in [-0.39, 0.29) is 5.56 Å². The predicted octanol–water partition coefficient (Wildman–Crippen LogP) is 1.66. The van der Waals surface area contributed by atoms with Crippen molar-refractivity contribution in [2.75, 3.05) is 7.11 Å². The van der Waals surface area contributed by atoms with Gasteiger partial charge in [0.25, 0.3) is 0 Å². The fourth-order valence-corrected chi connectivity index (χ4v) is 2.08. The number of ether oxygens (including phenoxy) is 1. The lowest BCUT2D eigenvalue weighted by molar-refractivity contribution is 0.0699. The van der Waals surface area contributed by atoms with E-state index in [4.69, 9.17) is 4.74 Å². The number of hydrogen-bond donors (Lipinski definition) is 3. The van der Waals surface area contributed by atoms with E-state index in [1.165, 1.54) is 19.5 Å². The number of aromatic nitrogens is 4. The molecule has 0 saturated carbocycles. The topological polar surface area (TPSA) is 104 Å². The molecule has 0 unspecified atom stereocenters. The van der Waals surface area contributed by atoms with Gasteiger partial charge in [0.1, 0.15) is 11.3 Å². The first kappa shape index (κ1) is 11.3. The molecular weight excluding hydrogens is 248 g/mol. The standard InChI is InChI=1S/C12H10N4O3/c1-19-11-6(9-4-13-5-14-9)2-7(12(17)18)10-8(11)3-15-16-10/h2-5H,1H3,(H,13,14)(H,15,16)(H,17,18). The van der Waals surface area contributed by atoms with Crippen molar-refractivity contribution in [3.05, 3.63) is 30.4 Å². The van der Waals surface area contributed by atoms with Gasteiger partial charge in [-0.15, -0.1) is 0 Å². The lowest BCUT2D eigenvalue weighted by atomic mass is 10.0. The normalized spacial score (nSPS) is 10.8. The highest BCUT2D eigenvalue weighted by molar-refractivity contribution is 6.06. The van der Waals surface area contributed by atoms with Gasteiger partial charge < -0.3 is 14.8 Å². The highest BCUT2D eigenvalue weighted by atomic mass is 16.5. The second-order valence-corrected chi connectivity index (χ2v) is 3.92. The first-order valence-corrected chi connectivity index (χ1v) is 5.49. The molecule has 2 aromatic heterocycles. The minimum Gasteiger partial charge on any atom is -0.495 e. The molecule has 0 saturated heterocycles. The molecule has 0 fully saturated rings. The van der Waals surface area contributed by atoms with Crippen LogP contribution in [0, 0.1) is 0 Å². The van der Waals surface area contributed by atoms with Crippen LogP contribution < -0.4 is 4.74 Å². The number of benzene rings is 1. The Morgan fingerprint density at radius 2 is 2.32 bits per heavy atom. The minimum atomic E-state index is -1.04. The van der Waals surface area contributed by atoms with Crippen molar-refractivity contribution in [2.24, 2.45) is 0 Å². The third kappa shape index (κ3) is 1.63. The van der Waals surface area contributed by atoms with Gasteiger partial charge in [0.2, 0.25) is 0 Å². The molecule has 0 aliphatic heterocycles. The van der Waals surface area contributed by atoms with Gasteiger partial charge in [0.05, 0.1) is 36.3 Å². The van der Waals surface area contributed by atoms with Gasteiger partial charge in [0.15, 0.2) is 0 Å². The molecule has 2 heterocycles. The van der Waals surface area contributed by atoms with E-state index in [1.807, 2.05) is 0 Å². The van der Waals surface area contributed by atoms with Crippen LogP contribution in [0.3, 0.4) is 0 Å². The van der Waals surface area contributed by atoms with Gasteiger partial charge >= 0.3 is 5.97 Å². The molecule has 0 bridgehead atoms. The molecule has 3 N–H and O–H groups in total. The predicted molar refractivity (Wildman–Crippen MR) is 67.2 cm³/mol. The number of rotatable bonds is 3. The van der Waals surface area contributed by atoms with Crippen molar-refractivity contribution in [1.29, 1.82) is 0 Å². The van der Waals surface area contributed by atoms with E-state index in [2.05, 4.69) is 20.2 Å². The monoisotopic (exact) mass is 258 g/mol. The van der Waals surface area contributed by atoms with E-state index in [9.17, 15) is 9.90 Å². The Bertz CT molecular complexity index is 746. The number of aromatic amines is 2. The summed E-state index contributed by atoms with van der Waals surface area (Å²) in [6, 6.07) is 1.53. The molecule has 7 heteroatoms. The van der Waals surface area contributed by atoms with Crippen LogP contribution in [0.15, 0.2) is 24.8 Å². The van der Waals surface area contributed by atoms with Gasteiger partial charge in [0, 0.05) is 11.8 Å². The van der Waals surface area contributed by atoms with E-state index in [0.717, 1.165) is 0 Å². The second kappa shape index (κ2) is 4.13. The first-order chi connectivity index (χ1) is 9.22. The average Bonchev–Trinajstić information content (AvgIpc) is 3.07. The molecular formula is C12H10N4O3. The zero-order chi connectivity index (χ0) is 13.4. The van der Waals surface area contributed by atoms with Crippen LogP contribution in [-0.2, 0) is 0 Å². The third-order valence-corrected chi connectivity index (χ3v) is 2.90. The molecule has 19 heavy (non-hydrogen) atoms. The molecule has 3 rings (SSSR count). The Kier molecular flexibility index (Phi) is 2.45. The van der Waals surface area contributed by atoms with Crippen LogP contribution in [0.5, 0.6) is 5.75 Å². The summed E-state index contributed by atoms with van der Waals surface area (Å²) in [5, 5.41) is 16.5. The molecule has 96 valence electrons. The molecule has 0 amide bonds. The average molecular weight is 258 g/mol. The number of fused-ring (bicyclic) bond motifs is 1. The Labute approximate surface area is 107 Å². The Balaban J connectivity index is 2.40. The van der Waals surface area contributed by atoms with E-state index < -0.39 is 5.97 Å². The first-order valence-electron chi connectivity index (χ1n) is 5.49. The van der Waals surface area contributed by atoms with Crippen LogP contribution in [0.25, 0.3) is 22.2 Å². The number of aromatic carboxylic acids is 1. The summed E-state index contributed by atoms with van der Waals surface area (Å²) >= 11 is 0. The molecule has 0 radical (unpaired) electrons. The number of carboxylic acids is 1. The van der Waals surface area contributed by atoms with Gasteiger partial charge in [-0.05, 0) is 6.07 Å². The lowest BCUT2D eigenvalue weighted by Crippen LogP contribution is -2.00. The number of hydrogen-bond acceptors (Lipinski definition) is 4. The summed E-state index contributed by atoms with van der Waals surface area (Å²) in [6.07, 6.45) is 4.74. The quantitative estimate of drug-likeness (QED) is 0.662. The number of H-pyrrole nitrogens is 2. The number of imidazole rings is 1. The molecule has 0 spiro atoms. The maximum Gasteiger partial charge on any atom is 0.338 e. The Morgan fingerprint density at radius 1 is 1.47 bits per heavy atom. The van der Waals surface area contributed by atoms with Crippen molar-refractivity contribution in [1.82, 2.24) is 20.2 Å². The fourth-order valence-electron chi connectivity index (χ4n) is 2.08. The van der Waals surface area contributed by atoms with Gasteiger partial charge in [-0.2, -0.15) is 5.10 Å². The van der Waals surface area contributed by atoms with Gasteiger partial charge in [-0.3, -0.25) is 5.10 Å². The van der Waals surface area contributed by atoms with Crippen LogP contribution in [0.4, 0.5) is 0 Å². The third-order valence-electron chi connectivity index (χ3n) is 2.90. The summed E-state index contributed by atoms with van der Waals surface area (Å²) in [4.78, 5) is 18.2. The zero-order valence-corrected chi connectivity index (χ0v) is 9.97. The molecule has 3 aromatic rings. The Hall–Kier alpha value is -2.83. The van der Waals surface area contributed by atoms with E-state index in [1.54, 1.807) is 12.4 Å². The van der Waals surface area contributed by atoms with Crippen molar-refractivity contribution in [3.63, 3.8) is 0 Å². The van der Waals surface area contributed by atoms with Crippen LogP contribution in [0.1, 0.15) is 10.4 Å². The SMILES string of the molecule is COc1c(-c2cnc[nH]2)cc(C(=O)O)c2n[nH]cc12. The molecule has 0 atom stereocenters. The lowest BCUT2D eigenvalue weighted by Gasteiger charge is -2.09. The largest absolute Gasteiger partial charge is 0.495 e. The maximum atomic E-state index is 11.3. The van der Waals surface area contributed by atoms with E-state index in [0.29, 0.717) is 27.9 Å². The van der Waals surface area contributed by atoms with Crippen molar-refractivity contribution in [2.45, 2.75) is 0 Å². The smallest absolute Gasteiger partial charge is 0.338 e. The zero-order valence-electron chi connectivity index (χ0n) is 9.97. The highest BCUT2D eigenvalue weighted by Gasteiger charge is 2.20. The molecule has 7 nitrogen and oxygen atoms in total. The second-order valence-electron chi connectivity index (χ2n) is 3.92. The summed E-state index contributed by atoms with van der Waals surface area (Å²) in [5.74, 6) is -0.487. The van der Waals surface area contributed by atoms with Crippen LogP contribution in [-0.4, -0.2) is 38.4 Å². The van der Waals surface area contributed by atoms with Gasteiger partial charge in [-0.1, -0.05) is 0 Å². The molecule has 0 aliphatic rings. The number of methoxy groups -OCH3 is 1. The molecule has 1 aromatic carbocycles. The summed E-state index contributed by atoms with van der Waals surface area (Å²) in [7, 11) is 1.53. The van der Waals surface area contributed by atoms with Crippen LogP contribution in [0.2, 0.25) is 0 Å². The Morgan fingerprint density at radius 3 is 2.95 bits per heavy atom. The summed E-state index contributed by atoms with van der Waals surface area (Å²) in [6.45, 7) is 0. The van der Waals surface area contributed by atoms with E-state index >= 15 is 0 Å². The summed E-state index contributed by atoms with van der Waals surface area (Å²) in [5.41, 5.74) is 1.79. The molecule has 0 aliphatic carbocycles.